The highest BCUT2D eigenvalue weighted by Crippen LogP contribution is 2.39. The third-order valence-corrected chi connectivity index (χ3v) is 3.95. The van der Waals surface area contributed by atoms with Crippen LogP contribution in [0.2, 0.25) is 5.15 Å². The van der Waals surface area contributed by atoms with Crippen LogP contribution in [0.4, 0.5) is 0 Å². The maximum atomic E-state index is 11.4. The Balaban J connectivity index is 2.09. The highest BCUT2D eigenvalue weighted by atomic mass is 35.5. The van der Waals surface area contributed by atoms with Gasteiger partial charge in [0, 0.05) is 11.5 Å². The van der Waals surface area contributed by atoms with Crippen LogP contribution in [-0.2, 0) is 4.79 Å². The molecule has 1 N–H and O–H groups in total. The van der Waals surface area contributed by atoms with E-state index in [0.717, 1.165) is 17.4 Å². The van der Waals surface area contributed by atoms with E-state index >= 15 is 0 Å². The van der Waals surface area contributed by atoms with E-state index in [-0.39, 0.29) is 0 Å². The maximum absolute atomic E-state index is 11.4. The molecule has 20 heavy (non-hydrogen) atoms. The number of hydrogen-bond acceptors (Lipinski definition) is 3. The van der Waals surface area contributed by atoms with Gasteiger partial charge in [0.05, 0.1) is 5.52 Å². The van der Waals surface area contributed by atoms with Crippen LogP contribution in [0.25, 0.3) is 10.9 Å². The van der Waals surface area contributed by atoms with Gasteiger partial charge in [0.1, 0.15) is 10.9 Å². The first-order valence-corrected chi connectivity index (χ1v) is 6.87. The molecule has 1 aromatic heterocycles. The molecule has 2 aromatic rings. The van der Waals surface area contributed by atoms with E-state index in [2.05, 4.69) is 4.98 Å². The van der Waals surface area contributed by atoms with Gasteiger partial charge in [0.15, 0.2) is 0 Å². The minimum absolute atomic E-state index is 0.304. The van der Waals surface area contributed by atoms with Crippen LogP contribution in [0.3, 0.4) is 0 Å². The van der Waals surface area contributed by atoms with Gasteiger partial charge in [-0.3, -0.25) is 0 Å². The van der Waals surface area contributed by atoms with Gasteiger partial charge in [-0.15, -0.1) is 0 Å². The summed E-state index contributed by atoms with van der Waals surface area (Å²) in [6, 6.07) is 7.32. The molecule has 0 aliphatic heterocycles. The lowest BCUT2D eigenvalue weighted by atomic mass is 9.80. The van der Waals surface area contributed by atoms with Gasteiger partial charge in [-0.05, 0) is 43.9 Å². The van der Waals surface area contributed by atoms with Crippen molar-refractivity contribution in [2.45, 2.75) is 31.8 Å². The number of halogens is 1. The fraction of sp³-hybridized carbons (Fsp3) is 0.333. The Bertz CT molecular complexity index is 690. The molecule has 0 unspecified atom stereocenters. The van der Waals surface area contributed by atoms with Crippen molar-refractivity contribution in [3.63, 3.8) is 0 Å². The van der Waals surface area contributed by atoms with Crippen molar-refractivity contribution in [2.24, 2.45) is 0 Å². The van der Waals surface area contributed by atoms with E-state index in [9.17, 15) is 9.90 Å². The first-order chi connectivity index (χ1) is 9.50. The molecule has 0 amide bonds. The van der Waals surface area contributed by atoms with Crippen molar-refractivity contribution in [1.29, 1.82) is 0 Å². The Morgan fingerprint density at radius 3 is 2.75 bits per heavy atom. The monoisotopic (exact) mass is 291 g/mol. The number of carboxylic acids is 1. The molecule has 104 valence electrons. The zero-order chi connectivity index (χ0) is 14.3. The van der Waals surface area contributed by atoms with Crippen molar-refractivity contribution < 1.29 is 14.6 Å². The fourth-order valence-corrected chi connectivity index (χ4v) is 2.62. The number of hydrogen-bond donors (Lipinski definition) is 1. The van der Waals surface area contributed by atoms with E-state index < -0.39 is 11.6 Å². The molecular weight excluding hydrogens is 278 g/mol. The van der Waals surface area contributed by atoms with Crippen LogP contribution in [0.15, 0.2) is 24.3 Å². The second kappa shape index (κ2) is 4.63. The molecule has 0 radical (unpaired) electrons. The van der Waals surface area contributed by atoms with Gasteiger partial charge in [-0.2, -0.15) is 0 Å². The summed E-state index contributed by atoms with van der Waals surface area (Å²) in [7, 11) is 0. The zero-order valence-electron chi connectivity index (χ0n) is 11.0. The Labute approximate surface area is 121 Å². The first-order valence-electron chi connectivity index (χ1n) is 6.49. The van der Waals surface area contributed by atoms with Crippen LogP contribution in [0.1, 0.15) is 24.8 Å². The summed E-state index contributed by atoms with van der Waals surface area (Å²) in [6.07, 6.45) is 1.91. The molecule has 1 aliphatic rings. The lowest BCUT2D eigenvalue weighted by Gasteiger charge is -2.37. The molecule has 0 spiro atoms. The van der Waals surface area contributed by atoms with Crippen molar-refractivity contribution in [3.05, 3.63) is 35.0 Å². The number of carboxylic acid groups (broad SMARTS) is 1. The second-order valence-corrected chi connectivity index (χ2v) is 5.61. The quantitative estimate of drug-likeness (QED) is 0.878. The number of carbonyl (C=O) groups is 1. The highest BCUT2D eigenvalue weighted by molar-refractivity contribution is 6.30. The smallest absolute Gasteiger partial charge is 0.348 e. The van der Waals surface area contributed by atoms with E-state index in [1.54, 1.807) is 6.07 Å². The van der Waals surface area contributed by atoms with E-state index in [4.69, 9.17) is 16.3 Å². The topological polar surface area (TPSA) is 59.4 Å². The number of aliphatic carboxylic acids is 1. The SMILES string of the molecule is Cc1ccc2c(OC3(C(=O)O)CCC3)cc(Cl)nc2c1. The number of rotatable bonds is 3. The fourth-order valence-electron chi connectivity index (χ4n) is 2.43. The number of ether oxygens (including phenoxy) is 1. The number of fused-ring (bicyclic) bond motifs is 1. The standard InChI is InChI=1S/C15H14ClNO3/c1-9-3-4-10-11(7-9)17-13(16)8-12(10)20-15(14(18)19)5-2-6-15/h3-4,7-8H,2,5-6H2,1H3,(H,18,19). The molecule has 5 heteroatoms. The lowest BCUT2D eigenvalue weighted by molar-refractivity contribution is -0.163. The summed E-state index contributed by atoms with van der Waals surface area (Å²) < 4.78 is 5.81. The van der Waals surface area contributed by atoms with Crippen molar-refractivity contribution in [2.75, 3.05) is 0 Å². The van der Waals surface area contributed by atoms with Crippen LogP contribution in [-0.4, -0.2) is 21.7 Å². The maximum Gasteiger partial charge on any atom is 0.348 e. The molecule has 0 bridgehead atoms. The molecular formula is C15H14ClNO3. The summed E-state index contributed by atoms with van der Waals surface area (Å²) in [5.74, 6) is -0.431. The molecule has 1 aromatic carbocycles. The number of pyridine rings is 1. The number of aryl methyl sites for hydroxylation is 1. The third kappa shape index (κ3) is 2.10. The van der Waals surface area contributed by atoms with Crippen molar-refractivity contribution in [1.82, 2.24) is 4.98 Å². The van der Waals surface area contributed by atoms with Gasteiger partial charge < -0.3 is 9.84 Å². The van der Waals surface area contributed by atoms with Gasteiger partial charge in [0.2, 0.25) is 5.60 Å². The minimum atomic E-state index is -1.11. The summed E-state index contributed by atoms with van der Waals surface area (Å²) >= 11 is 6.01. The molecule has 0 atom stereocenters. The average molecular weight is 292 g/mol. The summed E-state index contributed by atoms with van der Waals surface area (Å²) in [5, 5.41) is 10.4. The van der Waals surface area contributed by atoms with E-state index in [1.807, 2.05) is 25.1 Å². The third-order valence-electron chi connectivity index (χ3n) is 3.75. The number of benzene rings is 1. The minimum Gasteiger partial charge on any atom is -0.478 e. The van der Waals surface area contributed by atoms with E-state index in [0.29, 0.717) is 29.3 Å². The largest absolute Gasteiger partial charge is 0.478 e. The van der Waals surface area contributed by atoms with Gasteiger partial charge in [0.25, 0.3) is 0 Å². The van der Waals surface area contributed by atoms with E-state index in [1.165, 1.54) is 0 Å². The molecule has 1 aliphatic carbocycles. The molecule has 1 saturated carbocycles. The van der Waals surface area contributed by atoms with Crippen molar-refractivity contribution in [3.8, 4) is 5.75 Å². The summed E-state index contributed by atoms with van der Waals surface area (Å²) in [6.45, 7) is 1.97. The predicted molar refractivity (Wildman–Crippen MR) is 76.3 cm³/mol. The van der Waals surface area contributed by atoms with Crippen molar-refractivity contribution >= 4 is 28.5 Å². The molecule has 3 rings (SSSR count). The van der Waals surface area contributed by atoms with Gasteiger partial charge in [-0.1, -0.05) is 17.7 Å². The van der Waals surface area contributed by atoms with Gasteiger partial charge >= 0.3 is 5.97 Å². The Kier molecular flexibility index (Phi) is 3.05. The number of aromatic nitrogens is 1. The molecule has 1 heterocycles. The Hall–Kier alpha value is -1.81. The number of nitrogens with zero attached hydrogens (tertiary/aromatic N) is 1. The average Bonchev–Trinajstić information content (AvgIpc) is 2.32. The van der Waals surface area contributed by atoms with Crippen LogP contribution < -0.4 is 4.74 Å². The van der Waals surface area contributed by atoms with Gasteiger partial charge in [-0.25, -0.2) is 9.78 Å². The molecule has 0 saturated heterocycles. The first kappa shape index (κ1) is 13.2. The summed E-state index contributed by atoms with van der Waals surface area (Å²) in [5.41, 5.74) is 0.671. The van der Waals surface area contributed by atoms with Crippen LogP contribution in [0, 0.1) is 6.92 Å². The van der Waals surface area contributed by atoms with Crippen LogP contribution in [0.5, 0.6) is 5.75 Å². The Morgan fingerprint density at radius 2 is 2.15 bits per heavy atom. The normalized spacial score (nSPS) is 16.7. The zero-order valence-corrected chi connectivity index (χ0v) is 11.8. The highest BCUT2D eigenvalue weighted by Gasteiger charge is 2.47. The molecule has 4 nitrogen and oxygen atoms in total. The summed E-state index contributed by atoms with van der Waals surface area (Å²) in [4.78, 5) is 15.7. The predicted octanol–water partition coefficient (Wildman–Crippen LogP) is 3.58. The second-order valence-electron chi connectivity index (χ2n) is 5.22. The molecule has 1 fully saturated rings. The lowest BCUT2D eigenvalue weighted by Crippen LogP contribution is -2.50. The Morgan fingerprint density at radius 1 is 1.40 bits per heavy atom. The van der Waals surface area contributed by atoms with Crippen LogP contribution >= 0.6 is 11.6 Å².